The average Bonchev–Trinajstić information content (AvgIpc) is 2.78. The zero-order valence-electron chi connectivity index (χ0n) is 12.0. The largest absolute Gasteiger partial charge is 0.453 e. The van der Waals surface area contributed by atoms with Gasteiger partial charge in [-0.05, 0) is 31.0 Å². The van der Waals surface area contributed by atoms with Gasteiger partial charge in [0.1, 0.15) is 0 Å². The molecule has 2 rings (SSSR count). The lowest BCUT2D eigenvalue weighted by atomic mass is 10.1. The lowest BCUT2D eigenvalue weighted by Crippen LogP contribution is -2.15. The zero-order chi connectivity index (χ0) is 15.9. The first kappa shape index (κ1) is 15.7. The van der Waals surface area contributed by atoms with Gasteiger partial charge < -0.3 is 4.90 Å². The molecular formula is C13H15F3N4S. The Morgan fingerprint density at radius 3 is 2.29 bits per heavy atom. The van der Waals surface area contributed by atoms with Crippen molar-refractivity contribution in [2.75, 3.05) is 19.0 Å². The van der Waals surface area contributed by atoms with Gasteiger partial charge in [-0.3, -0.25) is 0 Å². The molecule has 0 fully saturated rings. The summed E-state index contributed by atoms with van der Waals surface area (Å²) < 4.78 is 39.7. The summed E-state index contributed by atoms with van der Waals surface area (Å²) in [5.41, 5.74) is 2.27. The van der Waals surface area contributed by atoms with Gasteiger partial charge in [0, 0.05) is 19.0 Å². The molecule has 0 saturated heterocycles. The number of halogens is 3. The van der Waals surface area contributed by atoms with Crippen LogP contribution in [0.5, 0.6) is 0 Å². The fourth-order valence-electron chi connectivity index (χ4n) is 1.93. The Labute approximate surface area is 126 Å². The van der Waals surface area contributed by atoms with E-state index in [0.717, 1.165) is 11.1 Å². The number of aromatic nitrogens is 3. The number of nitrogens with zero attached hydrogens (tertiary/aromatic N) is 4. The van der Waals surface area contributed by atoms with Crippen LogP contribution in [0.4, 0.5) is 19.1 Å². The van der Waals surface area contributed by atoms with Gasteiger partial charge in [-0.1, -0.05) is 6.07 Å². The van der Waals surface area contributed by atoms with E-state index in [9.17, 15) is 13.2 Å². The molecule has 21 heavy (non-hydrogen) atoms. The first-order chi connectivity index (χ1) is 9.61. The van der Waals surface area contributed by atoms with Crippen molar-refractivity contribution in [2.45, 2.75) is 24.9 Å². The van der Waals surface area contributed by atoms with Crippen LogP contribution in [0.25, 0.3) is 5.69 Å². The number of hydrogen-bond donors (Lipinski definition) is 1. The third-order valence-electron chi connectivity index (χ3n) is 2.99. The lowest BCUT2D eigenvalue weighted by molar-refractivity contribution is -0.144. The maximum Gasteiger partial charge on any atom is 0.453 e. The van der Waals surface area contributed by atoms with Gasteiger partial charge in [0.25, 0.3) is 5.82 Å². The van der Waals surface area contributed by atoms with Gasteiger partial charge in [-0.15, -0.1) is 17.7 Å². The molecule has 114 valence electrons. The maximum atomic E-state index is 12.8. The summed E-state index contributed by atoms with van der Waals surface area (Å²) in [4.78, 5) is 5.75. The Bertz CT molecular complexity index is 677. The molecule has 0 bridgehead atoms. The fraction of sp³-hybridized carbons (Fsp3) is 0.385. The van der Waals surface area contributed by atoms with Crippen LogP contribution < -0.4 is 4.90 Å². The number of hydrogen-bond acceptors (Lipinski definition) is 4. The molecular weight excluding hydrogens is 301 g/mol. The molecule has 0 spiro atoms. The molecule has 0 unspecified atom stereocenters. The first-order valence-corrected chi connectivity index (χ1v) is 6.58. The number of rotatable bonds is 2. The molecule has 0 atom stereocenters. The maximum absolute atomic E-state index is 12.8. The Balaban J connectivity index is 2.68. The van der Waals surface area contributed by atoms with Crippen LogP contribution >= 0.6 is 12.6 Å². The van der Waals surface area contributed by atoms with E-state index >= 15 is 0 Å². The zero-order valence-corrected chi connectivity index (χ0v) is 12.9. The lowest BCUT2D eigenvalue weighted by Gasteiger charge is -2.15. The van der Waals surface area contributed by atoms with Crippen molar-refractivity contribution in [1.82, 2.24) is 14.8 Å². The number of thiol groups is 1. The predicted octanol–water partition coefficient (Wildman–Crippen LogP) is 3.26. The molecule has 0 aliphatic rings. The molecule has 2 aromatic rings. The summed E-state index contributed by atoms with van der Waals surface area (Å²) in [7, 11) is 3.23. The van der Waals surface area contributed by atoms with Crippen molar-refractivity contribution >= 4 is 18.6 Å². The number of alkyl halides is 3. The average molecular weight is 316 g/mol. The SMILES string of the molecule is Cc1cc(C)c(-n2nc(C(F)(F)F)nc2N(C)C)cc1S. The summed E-state index contributed by atoms with van der Waals surface area (Å²) in [5, 5.41) is 3.61. The Morgan fingerprint density at radius 1 is 1.14 bits per heavy atom. The fourth-order valence-corrected chi connectivity index (χ4v) is 2.12. The highest BCUT2D eigenvalue weighted by atomic mass is 32.1. The molecule has 1 aromatic carbocycles. The van der Waals surface area contributed by atoms with Crippen LogP contribution in [0.3, 0.4) is 0 Å². The highest BCUT2D eigenvalue weighted by Gasteiger charge is 2.37. The van der Waals surface area contributed by atoms with E-state index in [1.165, 1.54) is 9.58 Å². The minimum Gasteiger partial charge on any atom is -0.347 e. The highest BCUT2D eigenvalue weighted by Crippen LogP contribution is 2.30. The normalized spacial score (nSPS) is 11.8. The molecule has 0 saturated carbocycles. The van der Waals surface area contributed by atoms with Crippen molar-refractivity contribution < 1.29 is 13.2 Å². The van der Waals surface area contributed by atoms with E-state index in [2.05, 4.69) is 22.7 Å². The van der Waals surface area contributed by atoms with Gasteiger partial charge in [0.2, 0.25) is 5.95 Å². The Morgan fingerprint density at radius 2 is 1.76 bits per heavy atom. The second-order valence-corrected chi connectivity index (χ2v) is 5.45. The minimum absolute atomic E-state index is 0.113. The smallest absolute Gasteiger partial charge is 0.347 e. The van der Waals surface area contributed by atoms with Gasteiger partial charge >= 0.3 is 6.18 Å². The van der Waals surface area contributed by atoms with Gasteiger partial charge in [0.05, 0.1) is 5.69 Å². The van der Waals surface area contributed by atoms with Crippen LogP contribution in [0.2, 0.25) is 0 Å². The molecule has 0 N–H and O–H groups in total. The topological polar surface area (TPSA) is 34.0 Å². The summed E-state index contributed by atoms with van der Waals surface area (Å²) in [6.07, 6.45) is -4.58. The highest BCUT2D eigenvalue weighted by molar-refractivity contribution is 7.80. The Hall–Kier alpha value is -1.70. The van der Waals surface area contributed by atoms with Crippen LogP contribution in [-0.4, -0.2) is 28.9 Å². The van der Waals surface area contributed by atoms with Crippen molar-refractivity contribution in [3.05, 3.63) is 29.1 Å². The van der Waals surface area contributed by atoms with Gasteiger partial charge in [0.15, 0.2) is 0 Å². The van der Waals surface area contributed by atoms with E-state index in [0.29, 0.717) is 10.6 Å². The van der Waals surface area contributed by atoms with Crippen LogP contribution in [0.1, 0.15) is 17.0 Å². The van der Waals surface area contributed by atoms with E-state index in [-0.39, 0.29) is 5.95 Å². The van der Waals surface area contributed by atoms with E-state index in [1.54, 1.807) is 20.2 Å². The predicted molar refractivity (Wildman–Crippen MR) is 77.4 cm³/mol. The molecule has 4 nitrogen and oxygen atoms in total. The van der Waals surface area contributed by atoms with Crippen molar-refractivity contribution in [3.8, 4) is 5.69 Å². The van der Waals surface area contributed by atoms with E-state index in [4.69, 9.17) is 0 Å². The van der Waals surface area contributed by atoms with Crippen molar-refractivity contribution in [2.24, 2.45) is 0 Å². The van der Waals surface area contributed by atoms with E-state index in [1.807, 2.05) is 19.9 Å². The summed E-state index contributed by atoms with van der Waals surface area (Å²) in [6, 6.07) is 3.54. The van der Waals surface area contributed by atoms with Crippen LogP contribution in [0.15, 0.2) is 17.0 Å². The number of anilines is 1. The first-order valence-electron chi connectivity index (χ1n) is 6.13. The van der Waals surface area contributed by atoms with Gasteiger partial charge in [-0.2, -0.15) is 22.8 Å². The van der Waals surface area contributed by atoms with E-state index < -0.39 is 12.0 Å². The molecule has 8 heteroatoms. The molecule has 0 amide bonds. The summed E-state index contributed by atoms with van der Waals surface area (Å²) in [6.45, 7) is 3.69. The second kappa shape index (κ2) is 5.25. The van der Waals surface area contributed by atoms with Crippen LogP contribution in [0, 0.1) is 13.8 Å². The number of aryl methyl sites for hydroxylation is 2. The number of benzene rings is 1. The monoisotopic (exact) mass is 316 g/mol. The van der Waals surface area contributed by atoms with Crippen LogP contribution in [-0.2, 0) is 6.18 Å². The summed E-state index contributed by atoms with van der Waals surface area (Å²) >= 11 is 4.32. The quantitative estimate of drug-likeness (QED) is 0.864. The molecule has 0 radical (unpaired) electrons. The third kappa shape index (κ3) is 2.99. The van der Waals surface area contributed by atoms with Gasteiger partial charge in [-0.25, -0.2) is 0 Å². The molecule has 0 aliphatic heterocycles. The molecule has 1 aromatic heterocycles. The van der Waals surface area contributed by atoms with Crippen molar-refractivity contribution in [3.63, 3.8) is 0 Å². The van der Waals surface area contributed by atoms with Crippen molar-refractivity contribution in [1.29, 1.82) is 0 Å². The minimum atomic E-state index is -4.58. The molecule has 0 aliphatic carbocycles. The second-order valence-electron chi connectivity index (χ2n) is 4.96. The third-order valence-corrected chi connectivity index (χ3v) is 3.47. The Kier molecular flexibility index (Phi) is 3.92. The standard InChI is InChI=1S/C13H15F3N4S/c1-7-5-8(2)10(21)6-9(7)20-12(19(3)4)17-11(18-20)13(14,15)16/h5-6,21H,1-4H3. The summed E-state index contributed by atoms with van der Waals surface area (Å²) in [5.74, 6) is -1.05. The molecule has 1 heterocycles.